The third-order valence-corrected chi connectivity index (χ3v) is 4.76. The smallest absolute Gasteiger partial charge is 0.340 e. The quantitative estimate of drug-likeness (QED) is 0.839. The van der Waals surface area contributed by atoms with Crippen LogP contribution in [0.3, 0.4) is 0 Å². The number of hydrogen-bond donors (Lipinski definition) is 1. The van der Waals surface area contributed by atoms with Crippen LogP contribution in [-0.2, 0) is 16.0 Å². The summed E-state index contributed by atoms with van der Waals surface area (Å²) in [6.45, 7) is 1.57. The second kappa shape index (κ2) is 7.70. The first-order chi connectivity index (χ1) is 12.1. The lowest BCUT2D eigenvalue weighted by molar-refractivity contribution is -0.130. The van der Waals surface area contributed by atoms with Crippen molar-refractivity contribution in [3.05, 3.63) is 70.2 Å². The van der Waals surface area contributed by atoms with Gasteiger partial charge in [0, 0.05) is 0 Å². The van der Waals surface area contributed by atoms with E-state index in [1.165, 1.54) is 5.56 Å². The molecular formula is C20H20ClNO3. The third-order valence-electron chi connectivity index (χ3n) is 4.43. The second-order valence-electron chi connectivity index (χ2n) is 6.18. The lowest BCUT2D eigenvalue weighted by Gasteiger charge is -2.27. The topological polar surface area (TPSA) is 55.4 Å². The molecule has 0 fully saturated rings. The van der Waals surface area contributed by atoms with Gasteiger partial charge >= 0.3 is 5.97 Å². The van der Waals surface area contributed by atoms with E-state index in [1.54, 1.807) is 31.2 Å². The van der Waals surface area contributed by atoms with Crippen LogP contribution in [0.25, 0.3) is 0 Å². The molecule has 5 heteroatoms. The zero-order valence-corrected chi connectivity index (χ0v) is 14.8. The number of nitrogens with one attached hydrogen (secondary N) is 1. The minimum absolute atomic E-state index is 0.0427. The number of rotatable bonds is 4. The van der Waals surface area contributed by atoms with Crippen LogP contribution in [0.15, 0.2) is 48.5 Å². The first-order valence-electron chi connectivity index (χ1n) is 8.40. The molecule has 2 atom stereocenters. The van der Waals surface area contributed by atoms with Crippen molar-refractivity contribution in [1.29, 1.82) is 0 Å². The number of carbonyl (C=O) groups is 2. The van der Waals surface area contributed by atoms with Gasteiger partial charge in [-0.2, -0.15) is 0 Å². The van der Waals surface area contributed by atoms with Crippen molar-refractivity contribution in [3.63, 3.8) is 0 Å². The zero-order valence-electron chi connectivity index (χ0n) is 14.0. The molecule has 3 rings (SSSR count). The Labute approximate surface area is 152 Å². The monoisotopic (exact) mass is 357 g/mol. The fourth-order valence-corrected chi connectivity index (χ4v) is 3.31. The number of amides is 1. The van der Waals surface area contributed by atoms with Gasteiger partial charge in [-0.1, -0.05) is 48.0 Å². The summed E-state index contributed by atoms with van der Waals surface area (Å²) in [5.41, 5.74) is 2.67. The van der Waals surface area contributed by atoms with Crippen molar-refractivity contribution < 1.29 is 14.3 Å². The van der Waals surface area contributed by atoms with Crippen LogP contribution in [0.1, 0.15) is 47.3 Å². The van der Waals surface area contributed by atoms with Crippen LogP contribution in [0.5, 0.6) is 0 Å². The van der Waals surface area contributed by atoms with E-state index in [0.29, 0.717) is 5.02 Å². The van der Waals surface area contributed by atoms with E-state index in [0.717, 1.165) is 24.8 Å². The number of fused-ring (bicyclic) bond motifs is 1. The molecule has 130 valence electrons. The Bertz CT molecular complexity index is 790. The zero-order chi connectivity index (χ0) is 17.8. The number of halogens is 1. The van der Waals surface area contributed by atoms with Gasteiger partial charge in [0.05, 0.1) is 16.6 Å². The van der Waals surface area contributed by atoms with E-state index in [9.17, 15) is 9.59 Å². The molecule has 0 heterocycles. The minimum atomic E-state index is -0.891. The average molecular weight is 358 g/mol. The molecule has 2 aromatic rings. The number of esters is 1. The summed E-state index contributed by atoms with van der Waals surface area (Å²) in [5, 5.41) is 3.30. The molecule has 1 aliphatic carbocycles. The van der Waals surface area contributed by atoms with Crippen LogP contribution in [0.4, 0.5) is 0 Å². The van der Waals surface area contributed by atoms with E-state index < -0.39 is 12.1 Å². The van der Waals surface area contributed by atoms with E-state index in [2.05, 4.69) is 11.4 Å². The normalized spacial score (nSPS) is 17.3. The first-order valence-corrected chi connectivity index (χ1v) is 8.77. The Morgan fingerprint density at radius 1 is 1.16 bits per heavy atom. The Balaban J connectivity index is 1.64. The Morgan fingerprint density at radius 3 is 2.68 bits per heavy atom. The molecule has 1 aliphatic rings. The number of benzene rings is 2. The van der Waals surface area contributed by atoms with Crippen LogP contribution < -0.4 is 5.32 Å². The molecule has 2 unspecified atom stereocenters. The van der Waals surface area contributed by atoms with Gasteiger partial charge in [-0.3, -0.25) is 4.79 Å². The predicted octanol–water partition coefficient (Wildman–Crippen LogP) is 4.08. The molecule has 0 saturated carbocycles. The van der Waals surface area contributed by atoms with Crippen molar-refractivity contribution >= 4 is 23.5 Å². The van der Waals surface area contributed by atoms with Gasteiger partial charge in [-0.15, -0.1) is 0 Å². The third kappa shape index (κ3) is 4.02. The minimum Gasteiger partial charge on any atom is -0.449 e. The van der Waals surface area contributed by atoms with Gasteiger partial charge in [0.25, 0.3) is 5.91 Å². The molecule has 4 nitrogen and oxygen atoms in total. The largest absolute Gasteiger partial charge is 0.449 e. The molecule has 0 bridgehead atoms. The van der Waals surface area contributed by atoms with Crippen molar-refractivity contribution in [2.45, 2.75) is 38.3 Å². The van der Waals surface area contributed by atoms with Gasteiger partial charge in [0.2, 0.25) is 0 Å². The summed E-state index contributed by atoms with van der Waals surface area (Å²) < 4.78 is 5.27. The highest BCUT2D eigenvalue weighted by Crippen LogP contribution is 2.29. The van der Waals surface area contributed by atoms with E-state index in [4.69, 9.17) is 16.3 Å². The van der Waals surface area contributed by atoms with E-state index >= 15 is 0 Å². The van der Waals surface area contributed by atoms with E-state index in [-0.39, 0.29) is 17.5 Å². The van der Waals surface area contributed by atoms with Gasteiger partial charge in [-0.05, 0) is 49.4 Å². The van der Waals surface area contributed by atoms with Crippen LogP contribution in [-0.4, -0.2) is 18.0 Å². The Morgan fingerprint density at radius 2 is 1.88 bits per heavy atom. The van der Waals surface area contributed by atoms with E-state index in [1.807, 2.05) is 18.2 Å². The molecule has 0 saturated heterocycles. The molecule has 0 spiro atoms. The van der Waals surface area contributed by atoms with Crippen LogP contribution in [0.2, 0.25) is 5.02 Å². The molecule has 0 aliphatic heterocycles. The molecule has 25 heavy (non-hydrogen) atoms. The fourth-order valence-electron chi connectivity index (χ4n) is 3.10. The molecule has 1 amide bonds. The standard InChI is InChI=1S/C20H20ClNO3/c1-13(25-20(24)16-10-4-5-11-17(16)21)19(23)22-18-12-6-8-14-7-2-3-9-15(14)18/h2-5,7,9-11,13,18H,6,8,12H2,1H3,(H,22,23). The lowest BCUT2D eigenvalue weighted by atomic mass is 9.87. The SMILES string of the molecule is CC(OC(=O)c1ccccc1Cl)C(=O)NC1CCCc2ccccc21. The molecule has 0 aromatic heterocycles. The predicted molar refractivity (Wildman–Crippen MR) is 96.6 cm³/mol. The number of aryl methyl sites for hydroxylation is 1. The molecule has 1 N–H and O–H groups in total. The van der Waals surface area contributed by atoms with Gasteiger partial charge < -0.3 is 10.1 Å². The molecule has 2 aromatic carbocycles. The van der Waals surface area contributed by atoms with Gasteiger partial charge in [0.1, 0.15) is 0 Å². The highest BCUT2D eigenvalue weighted by Gasteiger charge is 2.26. The lowest BCUT2D eigenvalue weighted by Crippen LogP contribution is -2.39. The summed E-state index contributed by atoms with van der Waals surface area (Å²) in [7, 11) is 0. The average Bonchev–Trinajstić information content (AvgIpc) is 2.62. The summed E-state index contributed by atoms with van der Waals surface area (Å²) in [5.74, 6) is -0.903. The number of ether oxygens (including phenoxy) is 1. The Kier molecular flexibility index (Phi) is 5.39. The summed E-state index contributed by atoms with van der Waals surface area (Å²) >= 11 is 5.99. The Hall–Kier alpha value is -2.33. The molecular weight excluding hydrogens is 338 g/mol. The van der Waals surface area contributed by atoms with Crippen molar-refractivity contribution in [2.75, 3.05) is 0 Å². The van der Waals surface area contributed by atoms with Crippen LogP contribution in [0, 0.1) is 0 Å². The maximum atomic E-state index is 12.5. The van der Waals surface area contributed by atoms with Crippen molar-refractivity contribution in [3.8, 4) is 0 Å². The number of hydrogen-bond acceptors (Lipinski definition) is 3. The maximum absolute atomic E-state index is 12.5. The second-order valence-corrected chi connectivity index (χ2v) is 6.59. The fraction of sp³-hybridized carbons (Fsp3) is 0.300. The number of carbonyl (C=O) groups excluding carboxylic acids is 2. The highest BCUT2D eigenvalue weighted by molar-refractivity contribution is 6.33. The maximum Gasteiger partial charge on any atom is 0.340 e. The first kappa shape index (κ1) is 17.5. The van der Waals surface area contributed by atoms with Gasteiger partial charge in [-0.25, -0.2) is 4.79 Å². The molecule has 0 radical (unpaired) electrons. The van der Waals surface area contributed by atoms with Crippen molar-refractivity contribution in [1.82, 2.24) is 5.32 Å². The summed E-state index contributed by atoms with van der Waals surface area (Å²) in [6.07, 6.45) is 2.04. The summed E-state index contributed by atoms with van der Waals surface area (Å²) in [6, 6.07) is 14.7. The summed E-state index contributed by atoms with van der Waals surface area (Å²) in [4.78, 5) is 24.6. The highest BCUT2D eigenvalue weighted by atomic mass is 35.5. The van der Waals surface area contributed by atoms with Crippen LogP contribution >= 0.6 is 11.6 Å². The van der Waals surface area contributed by atoms with Gasteiger partial charge in [0.15, 0.2) is 6.10 Å². The van der Waals surface area contributed by atoms with Crippen molar-refractivity contribution in [2.24, 2.45) is 0 Å².